The van der Waals surface area contributed by atoms with Gasteiger partial charge in [-0.25, -0.2) is 0 Å². The van der Waals surface area contributed by atoms with Crippen molar-refractivity contribution in [1.82, 2.24) is 15.5 Å². The summed E-state index contributed by atoms with van der Waals surface area (Å²) in [4.78, 5) is 18.1. The van der Waals surface area contributed by atoms with Gasteiger partial charge in [0.1, 0.15) is 5.75 Å². The fourth-order valence-corrected chi connectivity index (χ4v) is 2.47. The number of rotatable bonds is 6. The van der Waals surface area contributed by atoms with Gasteiger partial charge in [0.05, 0.1) is 13.7 Å². The Morgan fingerprint density at radius 1 is 1.32 bits per heavy atom. The molecule has 0 spiro atoms. The minimum atomic E-state index is -0.237. The van der Waals surface area contributed by atoms with Crippen molar-refractivity contribution >= 4 is 11.9 Å². The van der Waals surface area contributed by atoms with Crippen LogP contribution in [0.2, 0.25) is 0 Å². The van der Waals surface area contributed by atoms with Crippen LogP contribution in [-0.4, -0.2) is 56.6 Å². The van der Waals surface area contributed by atoms with Crippen LogP contribution < -0.4 is 15.4 Å². The molecule has 2 N–H and O–H groups in total. The molecular weight excluding hydrogens is 316 g/mol. The van der Waals surface area contributed by atoms with Crippen LogP contribution >= 0.6 is 0 Å². The average molecular weight is 348 g/mol. The van der Waals surface area contributed by atoms with Crippen molar-refractivity contribution < 1.29 is 9.53 Å². The second-order valence-corrected chi connectivity index (χ2v) is 7.18. The largest absolute Gasteiger partial charge is 0.496 e. The van der Waals surface area contributed by atoms with Gasteiger partial charge >= 0.3 is 0 Å². The first-order chi connectivity index (χ1) is 11.7. The quantitative estimate of drug-likeness (QED) is 0.609. The number of hydrogen-bond acceptors (Lipinski definition) is 3. The van der Waals surface area contributed by atoms with Crippen LogP contribution in [0.15, 0.2) is 23.2 Å². The van der Waals surface area contributed by atoms with Gasteiger partial charge in [-0.1, -0.05) is 12.1 Å². The molecule has 6 heteroatoms. The molecule has 0 aromatic heterocycles. The van der Waals surface area contributed by atoms with E-state index in [0.717, 1.165) is 24.3 Å². The molecule has 0 saturated heterocycles. The first-order valence-electron chi connectivity index (χ1n) is 8.52. The molecule has 1 rings (SSSR count). The van der Waals surface area contributed by atoms with E-state index in [1.165, 1.54) is 5.56 Å². The topological polar surface area (TPSA) is 66.0 Å². The van der Waals surface area contributed by atoms with E-state index < -0.39 is 0 Å². The highest BCUT2D eigenvalue weighted by atomic mass is 16.5. The molecule has 0 heterocycles. The third-order valence-electron chi connectivity index (χ3n) is 3.64. The van der Waals surface area contributed by atoms with Gasteiger partial charge in [0, 0.05) is 26.2 Å². The van der Waals surface area contributed by atoms with Crippen LogP contribution in [0.3, 0.4) is 0 Å². The highest BCUT2D eigenvalue weighted by molar-refractivity contribution is 5.86. The predicted molar refractivity (Wildman–Crippen MR) is 103 cm³/mol. The highest BCUT2D eigenvalue weighted by Crippen LogP contribution is 2.18. The number of amides is 1. The number of benzene rings is 1. The van der Waals surface area contributed by atoms with Crippen molar-refractivity contribution in [3.63, 3.8) is 0 Å². The number of aliphatic imine (C=N–C) groups is 1. The molecule has 0 aliphatic rings. The number of nitrogens with zero attached hydrogens (tertiary/aromatic N) is 2. The lowest BCUT2D eigenvalue weighted by atomic mass is 10.1. The van der Waals surface area contributed by atoms with Gasteiger partial charge in [-0.2, -0.15) is 0 Å². The summed E-state index contributed by atoms with van der Waals surface area (Å²) in [6.45, 7) is 8.91. The Hall–Kier alpha value is -2.24. The summed E-state index contributed by atoms with van der Waals surface area (Å²) >= 11 is 0. The smallest absolute Gasteiger partial charge is 0.240 e. The van der Waals surface area contributed by atoms with Crippen LogP contribution in [-0.2, 0) is 11.2 Å². The van der Waals surface area contributed by atoms with Gasteiger partial charge in [0.15, 0.2) is 5.96 Å². The third kappa shape index (κ3) is 7.45. The van der Waals surface area contributed by atoms with E-state index in [1.54, 1.807) is 14.2 Å². The number of carbonyl (C=O) groups is 1. The number of ether oxygens (including phenoxy) is 1. The Labute approximate surface area is 151 Å². The van der Waals surface area contributed by atoms with Gasteiger partial charge < -0.3 is 20.3 Å². The molecular formula is C19H32N4O2. The fourth-order valence-electron chi connectivity index (χ4n) is 2.47. The Bertz CT molecular complexity index is 606. The average Bonchev–Trinajstić information content (AvgIpc) is 2.50. The predicted octanol–water partition coefficient (Wildman–Crippen LogP) is 1.97. The number of nitrogens with one attached hydrogen (secondary N) is 2. The van der Waals surface area contributed by atoms with Gasteiger partial charge in [0.2, 0.25) is 5.91 Å². The van der Waals surface area contributed by atoms with E-state index in [0.29, 0.717) is 5.96 Å². The minimum Gasteiger partial charge on any atom is -0.496 e. The Morgan fingerprint density at radius 3 is 2.56 bits per heavy atom. The Balaban J connectivity index is 2.52. The maximum absolute atomic E-state index is 12.0. The molecule has 25 heavy (non-hydrogen) atoms. The van der Waals surface area contributed by atoms with Gasteiger partial charge in [0.25, 0.3) is 0 Å². The van der Waals surface area contributed by atoms with E-state index in [2.05, 4.69) is 33.8 Å². The third-order valence-corrected chi connectivity index (χ3v) is 3.64. The van der Waals surface area contributed by atoms with Crippen molar-refractivity contribution in [2.75, 3.05) is 34.3 Å². The van der Waals surface area contributed by atoms with E-state index in [-0.39, 0.29) is 18.0 Å². The molecule has 0 bridgehead atoms. The lowest BCUT2D eigenvalue weighted by Gasteiger charge is -2.25. The molecule has 6 nitrogen and oxygen atoms in total. The molecule has 1 aromatic rings. The summed E-state index contributed by atoms with van der Waals surface area (Å²) < 4.78 is 5.36. The molecule has 1 amide bonds. The molecule has 140 valence electrons. The molecule has 0 saturated carbocycles. The number of aryl methyl sites for hydroxylation is 1. The van der Waals surface area contributed by atoms with Crippen LogP contribution in [0.1, 0.15) is 31.9 Å². The minimum absolute atomic E-state index is 0.0266. The number of methoxy groups -OCH3 is 1. The summed E-state index contributed by atoms with van der Waals surface area (Å²) in [5.41, 5.74) is 2.08. The van der Waals surface area contributed by atoms with E-state index in [4.69, 9.17) is 4.74 Å². The van der Waals surface area contributed by atoms with Gasteiger partial charge in [-0.05, 0) is 51.3 Å². The highest BCUT2D eigenvalue weighted by Gasteiger charge is 2.16. The molecule has 0 aliphatic heterocycles. The van der Waals surface area contributed by atoms with Crippen LogP contribution in [0.25, 0.3) is 0 Å². The van der Waals surface area contributed by atoms with Crippen molar-refractivity contribution in [2.24, 2.45) is 4.99 Å². The molecule has 0 atom stereocenters. The Morgan fingerprint density at radius 2 is 2.00 bits per heavy atom. The normalized spacial score (nSPS) is 11.9. The summed E-state index contributed by atoms with van der Waals surface area (Å²) in [6, 6.07) is 6.22. The number of hydrogen-bond donors (Lipinski definition) is 2. The van der Waals surface area contributed by atoms with E-state index >= 15 is 0 Å². The zero-order valence-electron chi connectivity index (χ0n) is 16.6. The standard InChI is InChI=1S/C19H32N4O2/c1-14-8-9-15(12-16(14)25-7)10-11-21-18(20-5)23(6)13-17(24)22-19(2,3)4/h8-9,12H,10-11,13H2,1-7H3,(H,20,21)(H,22,24). The van der Waals surface area contributed by atoms with Crippen molar-refractivity contribution in [1.29, 1.82) is 0 Å². The van der Waals surface area contributed by atoms with Crippen LogP contribution in [0.4, 0.5) is 0 Å². The van der Waals surface area contributed by atoms with E-state index in [1.807, 2.05) is 39.6 Å². The SMILES string of the molecule is CN=C(NCCc1ccc(C)c(OC)c1)N(C)CC(=O)NC(C)(C)C. The van der Waals surface area contributed by atoms with Crippen molar-refractivity contribution in [2.45, 2.75) is 39.7 Å². The summed E-state index contributed by atoms with van der Waals surface area (Å²) in [6.07, 6.45) is 0.845. The van der Waals surface area contributed by atoms with E-state index in [9.17, 15) is 4.79 Å². The van der Waals surface area contributed by atoms with Crippen LogP contribution in [0, 0.1) is 6.92 Å². The van der Waals surface area contributed by atoms with Gasteiger partial charge in [-0.15, -0.1) is 0 Å². The molecule has 0 radical (unpaired) electrons. The lowest BCUT2D eigenvalue weighted by molar-refractivity contribution is -0.122. The van der Waals surface area contributed by atoms with Crippen molar-refractivity contribution in [3.8, 4) is 5.75 Å². The first kappa shape index (κ1) is 20.8. The van der Waals surface area contributed by atoms with Crippen LogP contribution in [0.5, 0.6) is 5.75 Å². The summed E-state index contributed by atoms with van der Waals surface area (Å²) in [5, 5.41) is 6.24. The van der Waals surface area contributed by atoms with Gasteiger partial charge in [-0.3, -0.25) is 9.79 Å². The second-order valence-electron chi connectivity index (χ2n) is 7.18. The monoisotopic (exact) mass is 348 g/mol. The number of carbonyl (C=O) groups excluding carboxylic acids is 1. The number of guanidine groups is 1. The zero-order valence-corrected chi connectivity index (χ0v) is 16.6. The molecule has 0 aliphatic carbocycles. The number of likely N-dealkylation sites (N-methyl/N-ethyl adjacent to an activating group) is 1. The maximum atomic E-state index is 12.0. The second kappa shape index (κ2) is 9.30. The molecule has 0 unspecified atom stereocenters. The summed E-state index contributed by atoms with van der Waals surface area (Å²) in [7, 11) is 5.26. The molecule has 0 fully saturated rings. The lowest BCUT2D eigenvalue weighted by Crippen LogP contribution is -2.49. The summed E-state index contributed by atoms with van der Waals surface area (Å²) in [5.74, 6) is 1.57. The Kier molecular flexibility index (Phi) is 7.74. The first-order valence-corrected chi connectivity index (χ1v) is 8.52. The fraction of sp³-hybridized carbons (Fsp3) is 0.579. The zero-order chi connectivity index (χ0) is 19.0. The maximum Gasteiger partial charge on any atom is 0.240 e. The molecule has 1 aromatic carbocycles. The van der Waals surface area contributed by atoms with Crippen molar-refractivity contribution in [3.05, 3.63) is 29.3 Å².